The lowest BCUT2D eigenvalue weighted by atomic mass is 10.4. The Hall–Kier alpha value is -1.41. The van der Waals surface area contributed by atoms with Gasteiger partial charge in [0, 0.05) is 30.1 Å². The predicted molar refractivity (Wildman–Crippen MR) is 70.7 cm³/mol. The Kier molecular flexibility index (Phi) is 3.40. The molecule has 1 N–H and O–H groups in total. The van der Waals surface area contributed by atoms with E-state index >= 15 is 0 Å². The van der Waals surface area contributed by atoms with Crippen LogP contribution in [-0.2, 0) is 17.1 Å². The van der Waals surface area contributed by atoms with E-state index in [-0.39, 0.29) is 4.90 Å². The van der Waals surface area contributed by atoms with E-state index in [4.69, 9.17) is 0 Å². The van der Waals surface area contributed by atoms with Crippen LogP contribution in [0.15, 0.2) is 34.0 Å². The normalized spacial score (nSPS) is 11.5. The zero-order valence-corrected chi connectivity index (χ0v) is 12.2. The van der Waals surface area contributed by atoms with Crippen LogP contribution in [0.3, 0.4) is 0 Å². The zero-order valence-electron chi connectivity index (χ0n) is 9.75. The van der Waals surface area contributed by atoms with Crippen molar-refractivity contribution in [3.63, 3.8) is 0 Å². The van der Waals surface area contributed by atoms with Crippen LogP contribution in [-0.4, -0.2) is 23.2 Å². The fourth-order valence-corrected chi connectivity index (χ4v) is 3.05. The van der Waals surface area contributed by atoms with E-state index in [0.717, 1.165) is 0 Å². The largest absolute Gasteiger partial charge is 0.276 e. The molecule has 2 aromatic heterocycles. The van der Waals surface area contributed by atoms with Crippen molar-refractivity contribution >= 4 is 31.6 Å². The lowest BCUT2D eigenvalue weighted by molar-refractivity contribution is 0.600. The summed E-state index contributed by atoms with van der Waals surface area (Å²) < 4.78 is 28.8. The fourth-order valence-electron chi connectivity index (χ4n) is 1.44. The average molecular weight is 331 g/mol. The van der Waals surface area contributed by atoms with Gasteiger partial charge < -0.3 is 0 Å². The number of nitrogens with zero attached hydrogens (tertiary/aromatic N) is 3. The Morgan fingerprint density at radius 3 is 2.67 bits per heavy atom. The van der Waals surface area contributed by atoms with E-state index in [9.17, 15) is 8.42 Å². The molecule has 0 spiro atoms. The minimum absolute atomic E-state index is 0.0973. The molecule has 0 aliphatic heterocycles. The minimum Gasteiger partial charge on any atom is -0.276 e. The van der Waals surface area contributed by atoms with Gasteiger partial charge in [0.1, 0.15) is 4.90 Å². The fraction of sp³-hybridized carbons (Fsp3) is 0.200. The average Bonchev–Trinajstić information content (AvgIpc) is 2.56. The quantitative estimate of drug-likeness (QED) is 0.928. The third-order valence-corrected chi connectivity index (χ3v) is 4.01. The molecule has 2 aromatic rings. The van der Waals surface area contributed by atoms with Crippen LogP contribution < -0.4 is 4.72 Å². The van der Waals surface area contributed by atoms with Gasteiger partial charge in [0.25, 0.3) is 10.0 Å². The molecular weight excluding hydrogens is 320 g/mol. The van der Waals surface area contributed by atoms with E-state index in [2.05, 4.69) is 30.7 Å². The second-order valence-corrected chi connectivity index (χ2v) is 6.34. The number of hydrogen-bond acceptors (Lipinski definition) is 4. The summed E-state index contributed by atoms with van der Waals surface area (Å²) >= 11 is 3.19. The Labute approximate surface area is 113 Å². The molecule has 8 heteroatoms. The first-order valence-electron chi connectivity index (χ1n) is 5.02. The van der Waals surface area contributed by atoms with E-state index in [1.165, 1.54) is 18.5 Å². The lowest BCUT2D eigenvalue weighted by Crippen LogP contribution is -2.13. The molecule has 0 unspecified atom stereocenters. The van der Waals surface area contributed by atoms with E-state index in [1.54, 1.807) is 24.9 Å². The second-order valence-electron chi connectivity index (χ2n) is 3.75. The summed E-state index contributed by atoms with van der Waals surface area (Å²) in [6.07, 6.45) is 4.42. The molecule has 2 heterocycles. The molecule has 0 fully saturated rings. The molecule has 6 nitrogen and oxygen atoms in total. The Balaban J connectivity index is 2.36. The number of hydrogen-bond donors (Lipinski definition) is 1. The first-order chi connectivity index (χ1) is 8.38. The van der Waals surface area contributed by atoms with Crippen molar-refractivity contribution in [2.24, 2.45) is 7.05 Å². The standard InChI is InChI=1S/C10H11BrN4O2S/c1-7-10(6-15(2)13-7)14-18(16,17)9-3-8(11)4-12-5-9/h3-6,14H,1-2H3. The predicted octanol–water partition coefficient (Wildman–Crippen LogP) is 1.69. The van der Waals surface area contributed by atoms with Crippen LogP contribution in [0, 0.1) is 6.92 Å². The highest BCUT2D eigenvalue weighted by Gasteiger charge is 2.17. The molecule has 0 radical (unpaired) electrons. The maximum Gasteiger partial charge on any atom is 0.263 e. The van der Waals surface area contributed by atoms with Crippen LogP contribution in [0.4, 0.5) is 5.69 Å². The summed E-state index contributed by atoms with van der Waals surface area (Å²) in [5, 5.41) is 4.07. The molecule has 96 valence electrons. The molecule has 0 aliphatic carbocycles. The van der Waals surface area contributed by atoms with E-state index in [0.29, 0.717) is 15.9 Å². The zero-order chi connectivity index (χ0) is 13.3. The summed E-state index contributed by atoms with van der Waals surface area (Å²) in [4.78, 5) is 3.93. The van der Waals surface area contributed by atoms with Crippen molar-refractivity contribution in [3.8, 4) is 0 Å². The van der Waals surface area contributed by atoms with Gasteiger partial charge in [0.05, 0.1) is 11.4 Å². The van der Waals surface area contributed by atoms with Gasteiger partial charge >= 0.3 is 0 Å². The minimum atomic E-state index is -3.64. The topological polar surface area (TPSA) is 76.9 Å². The number of aromatic nitrogens is 3. The van der Waals surface area contributed by atoms with Crippen LogP contribution in [0.2, 0.25) is 0 Å². The number of pyridine rings is 1. The first kappa shape index (κ1) is 13.0. The molecule has 0 amide bonds. The maximum atomic E-state index is 12.1. The van der Waals surface area contributed by atoms with Crippen molar-refractivity contribution in [2.45, 2.75) is 11.8 Å². The molecule has 0 bridgehead atoms. The highest BCUT2D eigenvalue weighted by Crippen LogP contribution is 2.19. The number of rotatable bonds is 3. The Bertz CT molecular complexity index is 681. The SMILES string of the molecule is Cc1nn(C)cc1NS(=O)(=O)c1cncc(Br)c1. The van der Waals surface area contributed by atoms with Gasteiger partial charge in [-0.05, 0) is 28.9 Å². The van der Waals surface area contributed by atoms with E-state index < -0.39 is 10.0 Å². The highest BCUT2D eigenvalue weighted by molar-refractivity contribution is 9.10. The van der Waals surface area contributed by atoms with Crippen molar-refractivity contribution in [1.29, 1.82) is 0 Å². The van der Waals surface area contributed by atoms with Crippen molar-refractivity contribution < 1.29 is 8.42 Å². The number of sulfonamides is 1. The van der Waals surface area contributed by atoms with Crippen LogP contribution in [0.25, 0.3) is 0 Å². The summed E-state index contributed by atoms with van der Waals surface area (Å²) in [5.74, 6) is 0. The van der Waals surface area contributed by atoms with Gasteiger partial charge in [0.2, 0.25) is 0 Å². The maximum absolute atomic E-state index is 12.1. The van der Waals surface area contributed by atoms with Gasteiger partial charge in [-0.25, -0.2) is 8.42 Å². The first-order valence-corrected chi connectivity index (χ1v) is 7.30. The third-order valence-electron chi connectivity index (χ3n) is 2.25. The lowest BCUT2D eigenvalue weighted by Gasteiger charge is -2.06. The molecule has 0 atom stereocenters. The van der Waals surface area contributed by atoms with Crippen LogP contribution >= 0.6 is 15.9 Å². The molecule has 0 aliphatic rings. The highest BCUT2D eigenvalue weighted by atomic mass is 79.9. The molecule has 0 aromatic carbocycles. The van der Waals surface area contributed by atoms with Crippen LogP contribution in [0.5, 0.6) is 0 Å². The Morgan fingerprint density at radius 1 is 1.39 bits per heavy atom. The molecular formula is C10H11BrN4O2S. The molecule has 0 saturated heterocycles. The summed E-state index contributed by atoms with van der Waals surface area (Å²) in [6, 6.07) is 1.49. The smallest absolute Gasteiger partial charge is 0.263 e. The van der Waals surface area contributed by atoms with Gasteiger partial charge in [-0.1, -0.05) is 0 Å². The van der Waals surface area contributed by atoms with Gasteiger partial charge in [0.15, 0.2) is 0 Å². The van der Waals surface area contributed by atoms with Gasteiger partial charge in [-0.2, -0.15) is 5.10 Å². The number of halogens is 1. The van der Waals surface area contributed by atoms with Crippen molar-refractivity contribution in [3.05, 3.63) is 34.8 Å². The van der Waals surface area contributed by atoms with Crippen LogP contribution in [0.1, 0.15) is 5.69 Å². The van der Waals surface area contributed by atoms with E-state index in [1.807, 2.05) is 0 Å². The second kappa shape index (κ2) is 4.69. The summed E-state index contributed by atoms with van der Waals surface area (Å²) in [5.41, 5.74) is 1.07. The van der Waals surface area contributed by atoms with Crippen molar-refractivity contribution in [2.75, 3.05) is 4.72 Å². The number of anilines is 1. The number of nitrogens with one attached hydrogen (secondary N) is 1. The Morgan fingerprint density at radius 2 is 2.11 bits per heavy atom. The number of aryl methyl sites for hydroxylation is 2. The molecule has 18 heavy (non-hydrogen) atoms. The molecule has 0 saturated carbocycles. The van der Waals surface area contributed by atoms with Crippen molar-refractivity contribution in [1.82, 2.24) is 14.8 Å². The van der Waals surface area contributed by atoms with Gasteiger partial charge in [-0.3, -0.25) is 14.4 Å². The molecule has 2 rings (SSSR count). The van der Waals surface area contributed by atoms with Gasteiger partial charge in [-0.15, -0.1) is 0 Å². The monoisotopic (exact) mass is 330 g/mol. The summed E-state index contributed by atoms with van der Waals surface area (Å²) in [7, 11) is -1.91. The summed E-state index contributed by atoms with van der Waals surface area (Å²) in [6.45, 7) is 1.73. The third kappa shape index (κ3) is 2.70.